The molecule has 136 valence electrons. The van der Waals surface area contributed by atoms with E-state index < -0.39 is 11.9 Å². The summed E-state index contributed by atoms with van der Waals surface area (Å²) in [6, 6.07) is 3.22. The van der Waals surface area contributed by atoms with Gasteiger partial charge in [-0.15, -0.1) is 0 Å². The van der Waals surface area contributed by atoms with Crippen LogP contribution in [0, 0.1) is 5.82 Å². The molecule has 1 aromatic carbocycles. The highest BCUT2D eigenvalue weighted by Gasteiger charge is 2.14. The fraction of sp³-hybridized carbons (Fsp3) is 0.294. The molecule has 0 aliphatic carbocycles. The number of carbonyl (C=O) groups is 2. The van der Waals surface area contributed by atoms with Crippen molar-refractivity contribution in [1.29, 1.82) is 0 Å². The SMILES string of the molecule is CCc1cn(C[C@H](C)N)c2ccc(F)c(Cl)c12.O=C(O)C=CC(=O)O. The van der Waals surface area contributed by atoms with Gasteiger partial charge in [-0.3, -0.25) is 0 Å². The van der Waals surface area contributed by atoms with Crippen LogP contribution in [0.5, 0.6) is 0 Å². The largest absolute Gasteiger partial charge is 0.478 e. The van der Waals surface area contributed by atoms with Crippen molar-refractivity contribution in [3.63, 3.8) is 0 Å². The molecule has 25 heavy (non-hydrogen) atoms. The summed E-state index contributed by atoms with van der Waals surface area (Å²) in [5.41, 5.74) is 7.82. The smallest absolute Gasteiger partial charge is 0.328 e. The summed E-state index contributed by atoms with van der Waals surface area (Å²) < 4.78 is 15.5. The van der Waals surface area contributed by atoms with E-state index in [-0.39, 0.29) is 16.9 Å². The summed E-state index contributed by atoms with van der Waals surface area (Å²) in [4.78, 5) is 19.1. The Morgan fingerprint density at radius 2 is 1.88 bits per heavy atom. The van der Waals surface area contributed by atoms with E-state index in [0.29, 0.717) is 18.7 Å². The van der Waals surface area contributed by atoms with E-state index in [2.05, 4.69) is 0 Å². The fourth-order valence-electron chi connectivity index (χ4n) is 2.28. The predicted molar refractivity (Wildman–Crippen MR) is 94.3 cm³/mol. The second-order valence-electron chi connectivity index (χ2n) is 5.40. The number of carboxylic acid groups (broad SMARTS) is 2. The molecule has 4 N–H and O–H groups in total. The Morgan fingerprint density at radius 1 is 1.32 bits per heavy atom. The van der Waals surface area contributed by atoms with E-state index in [1.807, 2.05) is 24.6 Å². The quantitative estimate of drug-likeness (QED) is 0.701. The number of fused-ring (bicyclic) bond motifs is 1. The lowest BCUT2D eigenvalue weighted by atomic mass is 10.1. The third-order valence-corrected chi connectivity index (χ3v) is 3.62. The molecule has 0 unspecified atom stereocenters. The van der Waals surface area contributed by atoms with Gasteiger partial charge in [0.25, 0.3) is 0 Å². The lowest BCUT2D eigenvalue weighted by molar-refractivity contribution is -0.134. The minimum Gasteiger partial charge on any atom is -0.478 e. The Hall–Kier alpha value is -2.38. The van der Waals surface area contributed by atoms with Gasteiger partial charge in [0.15, 0.2) is 0 Å². The summed E-state index contributed by atoms with van der Waals surface area (Å²) >= 11 is 6.04. The van der Waals surface area contributed by atoms with Gasteiger partial charge < -0.3 is 20.5 Å². The highest BCUT2D eigenvalue weighted by Crippen LogP contribution is 2.31. The first-order valence-corrected chi connectivity index (χ1v) is 7.90. The van der Waals surface area contributed by atoms with Crippen LogP contribution >= 0.6 is 11.6 Å². The average molecular weight is 371 g/mol. The number of hydrogen-bond donors (Lipinski definition) is 3. The molecule has 0 fully saturated rings. The molecule has 2 aromatic rings. The molecular formula is C17H20ClFN2O4. The molecular weight excluding hydrogens is 351 g/mol. The number of hydrogen-bond acceptors (Lipinski definition) is 3. The van der Waals surface area contributed by atoms with Gasteiger partial charge in [0.1, 0.15) is 5.82 Å². The number of carboxylic acids is 2. The van der Waals surface area contributed by atoms with E-state index in [4.69, 9.17) is 27.5 Å². The van der Waals surface area contributed by atoms with Gasteiger partial charge >= 0.3 is 11.9 Å². The molecule has 0 bridgehead atoms. The van der Waals surface area contributed by atoms with Gasteiger partial charge in [-0.1, -0.05) is 18.5 Å². The number of benzene rings is 1. The van der Waals surface area contributed by atoms with Gasteiger partial charge in [-0.25, -0.2) is 14.0 Å². The highest BCUT2D eigenvalue weighted by molar-refractivity contribution is 6.35. The van der Waals surface area contributed by atoms with Crippen LogP contribution in [0.15, 0.2) is 30.5 Å². The van der Waals surface area contributed by atoms with Crippen molar-refractivity contribution in [3.05, 3.63) is 46.9 Å². The van der Waals surface area contributed by atoms with Crippen molar-refractivity contribution in [2.24, 2.45) is 5.73 Å². The summed E-state index contributed by atoms with van der Waals surface area (Å²) in [6.45, 7) is 4.69. The minimum atomic E-state index is -1.26. The third kappa shape index (κ3) is 5.88. The zero-order valence-electron chi connectivity index (χ0n) is 13.9. The molecule has 0 saturated carbocycles. The molecule has 0 spiro atoms. The normalized spacial score (nSPS) is 12.0. The van der Waals surface area contributed by atoms with E-state index in [9.17, 15) is 14.0 Å². The zero-order valence-corrected chi connectivity index (χ0v) is 14.6. The predicted octanol–water partition coefficient (Wildman–Crippen LogP) is 3.06. The van der Waals surface area contributed by atoms with Gasteiger partial charge in [0.2, 0.25) is 0 Å². The van der Waals surface area contributed by atoms with Crippen LogP contribution in [0.25, 0.3) is 10.9 Å². The number of halogens is 2. The first-order chi connectivity index (χ1) is 11.7. The number of nitrogens with two attached hydrogens (primary N) is 1. The molecule has 0 amide bonds. The minimum absolute atomic E-state index is 0.0548. The van der Waals surface area contributed by atoms with Crippen molar-refractivity contribution < 1.29 is 24.2 Å². The first-order valence-electron chi connectivity index (χ1n) is 7.52. The summed E-state index contributed by atoms with van der Waals surface area (Å²) in [7, 11) is 0. The van der Waals surface area contributed by atoms with Crippen molar-refractivity contribution in [3.8, 4) is 0 Å². The van der Waals surface area contributed by atoms with E-state index in [0.717, 1.165) is 22.9 Å². The van der Waals surface area contributed by atoms with Crippen LogP contribution in [0.2, 0.25) is 5.02 Å². The molecule has 0 saturated heterocycles. The molecule has 8 heteroatoms. The lowest BCUT2D eigenvalue weighted by Crippen LogP contribution is -2.21. The van der Waals surface area contributed by atoms with Crippen molar-refractivity contribution in [2.45, 2.75) is 32.9 Å². The highest BCUT2D eigenvalue weighted by atomic mass is 35.5. The van der Waals surface area contributed by atoms with E-state index >= 15 is 0 Å². The summed E-state index contributed by atoms with van der Waals surface area (Å²) in [5.74, 6) is -2.88. The Labute approximate surface area is 149 Å². The summed E-state index contributed by atoms with van der Waals surface area (Å²) in [5, 5.41) is 16.6. The Kier molecular flexibility index (Phi) is 7.60. The van der Waals surface area contributed by atoms with Crippen LogP contribution in [-0.2, 0) is 22.6 Å². The maximum Gasteiger partial charge on any atom is 0.328 e. The molecule has 1 heterocycles. The van der Waals surface area contributed by atoms with Gasteiger partial charge in [0.05, 0.1) is 10.5 Å². The van der Waals surface area contributed by atoms with Gasteiger partial charge in [-0.2, -0.15) is 0 Å². The van der Waals surface area contributed by atoms with Gasteiger partial charge in [0, 0.05) is 36.3 Å². The summed E-state index contributed by atoms with van der Waals surface area (Å²) in [6.07, 6.45) is 3.95. The third-order valence-electron chi connectivity index (χ3n) is 3.25. The van der Waals surface area contributed by atoms with Crippen LogP contribution in [0.4, 0.5) is 4.39 Å². The van der Waals surface area contributed by atoms with Crippen molar-refractivity contribution >= 4 is 34.4 Å². The van der Waals surface area contributed by atoms with Crippen LogP contribution in [0.1, 0.15) is 19.4 Å². The van der Waals surface area contributed by atoms with Crippen LogP contribution in [-0.4, -0.2) is 32.8 Å². The Bertz CT molecular complexity index is 784. The number of aromatic nitrogens is 1. The first kappa shape index (κ1) is 20.7. The molecule has 6 nitrogen and oxygen atoms in total. The molecule has 0 aliphatic heterocycles. The number of nitrogens with zero attached hydrogens (tertiary/aromatic N) is 1. The standard InChI is InChI=1S/C13H16ClFN2.C4H4O4/c1-3-9-7-17(6-8(2)16)11-5-4-10(15)13(14)12(9)11;5-3(6)1-2-4(7)8/h4-5,7-8H,3,6,16H2,1-2H3;1-2H,(H,5,6)(H,7,8)/t8-;/m0./s1. The second-order valence-corrected chi connectivity index (χ2v) is 5.78. The zero-order chi connectivity index (χ0) is 19.1. The lowest BCUT2D eigenvalue weighted by Gasteiger charge is -2.08. The molecule has 2 rings (SSSR count). The van der Waals surface area contributed by atoms with Crippen molar-refractivity contribution in [2.75, 3.05) is 0 Å². The second kappa shape index (κ2) is 9.19. The Balaban J connectivity index is 0.000000333. The number of aryl methyl sites for hydroxylation is 1. The maximum atomic E-state index is 13.5. The average Bonchev–Trinajstić information content (AvgIpc) is 2.87. The molecule has 0 aliphatic rings. The number of aliphatic carboxylic acids is 2. The number of rotatable bonds is 5. The van der Waals surface area contributed by atoms with Gasteiger partial charge in [-0.05, 0) is 31.0 Å². The molecule has 1 aromatic heterocycles. The fourth-order valence-corrected chi connectivity index (χ4v) is 2.56. The van der Waals surface area contributed by atoms with E-state index in [1.54, 1.807) is 6.07 Å². The molecule has 0 radical (unpaired) electrons. The van der Waals surface area contributed by atoms with Crippen molar-refractivity contribution in [1.82, 2.24) is 4.57 Å². The topological polar surface area (TPSA) is 106 Å². The Morgan fingerprint density at radius 3 is 2.32 bits per heavy atom. The molecule has 1 atom stereocenters. The van der Waals surface area contributed by atoms with E-state index in [1.165, 1.54) is 6.07 Å². The maximum absolute atomic E-state index is 13.5. The van der Waals surface area contributed by atoms with Crippen LogP contribution in [0.3, 0.4) is 0 Å². The monoisotopic (exact) mass is 370 g/mol. The van der Waals surface area contributed by atoms with Crippen LogP contribution < -0.4 is 5.73 Å².